The molecule has 2 bridgehead atoms. The highest BCUT2D eigenvalue weighted by atomic mass is 19.1. The molecule has 0 saturated heterocycles. The van der Waals surface area contributed by atoms with Gasteiger partial charge >= 0.3 is 0 Å². The Morgan fingerprint density at radius 2 is 2.03 bits per heavy atom. The molecule has 0 saturated carbocycles. The summed E-state index contributed by atoms with van der Waals surface area (Å²) in [5.74, 6) is -0.987. The molecule has 4 N–H and O–H groups in total. The number of ether oxygens (including phenoxy) is 1. The molecule has 0 spiro atoms. The molecule has 2 amide bonds. The summed E-state index contributed by atoms with van der Waals surface area (Å²) in [5, 5.41) is 19.5. The number of hydrogen-bond donors (Lipinski definition) is 4. The van der Waals surface area contributed by atoms with Crippen molar-refractivity contribution in [1.29, 1.82) is 0 Å². The highest BCUT2D eigenvalue weighted by molar-refractivity contribution is 5.84. The van der Waals surface area contributed by atoms with Crippen molar-refractivity contribution in [3.8, 4) is 5.75 Å². The smallest absolute Gasteiger partial charge is 0.239 e. The number of rotatable bonds is 6. The number of carbonyl (C=O) groups excluding carboxylic acids is 2. The molecule has 3 rings (SSSR count). The van der Waals surface area contributed by atoms with E-state index >= 15 is 0 Å². The van der Waals surface area contributed by atoms with Crippen LogP contribution in [-0.4, -0.2) is 53.7 Å². The maximum atomic E-state index is 14.2. The molecule has 1 aromatic carbocycles. The van der Waals surface area contributed by atoms with Gasteiger partial charge in [0.1, 0.15) is 0 Å². The lowest BCUT2D eigenvalue weighted by Crippen LogP contribution is -2.51. The van der Waals surface area contributed by atoms with Crippen LogP contribution in [0.1, 0.15) is 42.9 Å². The van der Waals surface area contributed by atoms with Gasteiger partial charge in [-0.2, -0.15) is 0 Å². The summed E-state index contributed by atoms with van der Waals surface area (Å²) in [7, 11) is 0. The number of aryl methyl sites for hydroxylation is 1. The number of amides is 2. The Morgan fingerprint density at radius 3 is 2.85 bits per heavy atom. The van der Waals surface area contributed by atoms with E-state index in [1.54, 1.807) is 18.3 Å². The van der Waals surface area contributed by atoms with E-state index in [1.807, 2.05) is 6.20 Å². The van der Waals surface area contributed by atoms with Gasteiger partial charge in [0, 0.05) is 31.9 Å². The van der Waals surface area contributed by atoms with Crippen LogP contribution >= 0.6 is 0 Å². The van der Waals surface area contributed by atoms with Gasteiger partial charge in [0.05, 0.1) is 25.3 Å². The zero-order valence-electron chi connectivity index (χ0n) is 19.5. The number of benzene rings is 1. The Hall–Kier alpha value is -3.04. The molecule has 184 valence electrons. The molecule has 1 aromatic heterocycles. The molecule has 0 radical (unpaired) electrons. The molecule has 34 heavy (non-hydrogen) atoms. The number of nitrogens with one attached hydrogen (secondary N) is 3. The van der Waals surface area contributed by atoms with Gasteiger partial charge in [-0.05, 0) is 54.5 Å². The molecule has 2 atom stereocenters. The Bertz CT molecular complexity index is 972. The van der Waals surface area contributed by atoms with Gasteiger partial charge < -0.3 is 25.8 Å². The number of aliphatic hydroxyl groups is 1. The fourth-order valence-corrected chi connectivity index (χ4v) is 3.76. The summed E-state index contributed by atoms with van der Waals surface area (Å²) in [4.78, 5) is 28.7. The van der Waals surface area contributed by atoms with Gasteiger partial charge in [0.2, 0.25) is 11.8 Å². The standard InChI is InChI=1S/C25H33FN4O4/c1-2-17-9-19(13-27-12-17)14-28-15-22(31)21-10-18-6-7-20(26)23(11-18)34-8-4-3-5-24(32)29-16-25(33)30-21/h6-7,9,11-13,21-22,28,31H,2-5,8,10,14-16H2,1H3,(H,29,32)(H,30,33). The van der Waals surface area contributed by atoms with E-state index in [4.69, 9.17) is 4.74 Å². The first-order valence-electron chi connectivity index (χ1n) is 11.7. The van der Waals surface area contributed by atoms with Crippen molar-refractivity contribution in [2.24, 2.45) is 0 Å². The minimum atomic E-state index is -0.924. The monoisotopic (exact) mass is 472 g/mol. The van der Waals surface area contributed by atoms with Crippen molar-refractivity contribution in [2.45, 2.75) is 57.7 Å². The SMILES string of the molecule is CCc1cncc(CNCC(O)C2Cc3ccc(F)c(c3)OCCCCC(=O)NCC(=O)N2)c1. The van der Waals surface area contributed by atoms with Crippen LogP contribution in [0.4, 0.5) is 4.39 Å². The van der Waals surface area contributed by atoms with Crippen LogP contribution in [0.2, 0.25) is 0 Å². The van der Waals surface area contributed by atoms with E-state index in [2.05, 4.69) is 33.9 Å². The molecule has 8 nitrogen and oxygen atoms in total. The predicted octanol–water partition coefficient (Wildman–Crippen LogP) is 1.64. The third kappa shape index (κ3) is 8.07. The largest absolute Gasteiger partial charge is 0.491 e. The number of nitrogens with zero attached hydrogens (tertiary/aromatic N) is 1. The molecule has 9 heteroatoms. The van der Waals surface area contributed by atoms with Crippen LogP contribution in [0.5, 0.6) is 5.75 Å². The van der Waals surface area contributed by atoms with E-state index in [0.29, 0.717) is 19.4 Å². The Balaban J connectivity index is 1.69. The number of fused-ring (bicyclic) bond motifs is 2. The topological polar surface area (TPSA) is 113 Å². The number of carbonyl (C=O) groups is 2. The third-order valence-corrected chi connectivity index (χ3v) is 5.71. The first-order chi connectivity index (χ1) is 16.4. The molecular formula is C25H33FN4O4. The molecule has 2 aromatic rings. The highest BCUT2D eigenvalue weighted by Gasteiger charge is 2.23. The van der Waals surface area contributed by atoms with E-state index in [9.17, 15) is 19.1 Å². The highest BCUT2D eigenvalue weighted by Crippen LogP contribution is 2.21. The number of aromatic nitrogens is 1. The summed E-state index contributed by atoms with van der Waals surface area (Å²) >= 11 is 0. The van der Waals surface area contributed by atoms with Gasteiger partial charge in [0.15, 0.2) is 11.6 Å². The summed E-state index contributed by atoms with van der Waals surface area (Å²) in [6, 6.07) is 5.94. The fourth-order valence-electron chi connectivity index (χ4n) is 3.76. The maximum absolute atomic E-state index is 14.2. The zero-order valence-corrected chi connectivity index (χ0v) is 19.5. The molecular weight excluding hydrogens is 439 g/mol. The Morgan fingerprint density at radius 1 is 1.21 bits per heavy atom. The first kappa shape index (κ1) is 25.6. The van der Waals surface area contributed by atoms with E-state index in [0.717, 1.165) is 23.1 Å². The molecule has 2 heterocycles. The summed E-state index contributed by atoms with van der Waals surface area (Å²) < 4.78 is 19.7. The van der Waals surface area contributed by atoms with Gasteiger partial charge in [-0.25, -0.2) is 4.39 Å². The quantitative estimate of drug-likeness (QED) is 0.509. The van der Waals surface area contributed by atoms with Crippen LogP contribution in [0, 0.1) is 5.82 Å². The third-order valence-electron chi connectivity index (χ3n) is 5.71. The van der Waals surface area contributed by atoms with E-state index < -0.39 is 23.9 Å². The Kier molecular flexibility index (Phi) is 9.78. The number of hydrogen-bond acceptors (Lipinski definition) is 6. The second-order valence-electron chi connectivity index (χ2n) is 8.48. The molecule has 1 aliphatic rings. The van der Waals surface area contributed by atoms with Crippen molar-refractivity contribution in [3.63, 3.8) is 0 Å². The van der Waals surface area contributed by atoms with E-state index in [1.165, 1.54) is 6.07 Å². The maximum Gasteiger partial charge on any atom is 0.239 e. The lowest BCUT2D eigenvalue weighted by molar-refractivity contribution is -0.126. The van der Waals surface area contributed by atoms with Crippen molar-refractivity contribution >= 4 is 11.8 Å². The van der Waals surface area contributed by atoms with Crippen LogP contribution < -0.4 is 20.7 Å². The van der Waals surface area contributed by atoms with Crippen LogP contribution in [0.3, 0.4) is 0 Å². The zero-order chi connectivity index (χ0) is 24.3. The Labute approximate surface area is 199 Å². The van der Waals surface area contributed by atoms with Crippen molar-refractivity contribution in [1.82, 2.24) is 20.9 Å². The number of pyridine rings is 1. The van der Waals surface area contributed by atoms with Gasteiger partial charge in [-0.3, -0.25) is 14.6 Å². The lowest BCUT2D eigenvalue weighted by atomic mass is 10.0. The first-order valence-corrected chi connectivity index (χ1v) is 11.7. The van der Waals surface area contributed by atoms with Gasteiger partial charge in [0.25, 0.3) is 0 Å². The lowest BCUT2D eigenvalue weighted by Gasteiger charge is -2.25. The second-order valence-corrected chi connectivity index (χ2v) is 8.48. The van der Waals surface area contributed by atoms with E-state index in [-0.39, 0.29) is 44.2 Å². The molecule has 2 unspecified atom stereocenters. The summed E-state index contributed by atoms with van der Waals surface area (Å²) in [5.41, 5.74) is 2.85. The van der Waals surface area contributed by atoms with Crippen LogP contribution in [0.25, 0.3) is 0 Å². The molecule has 0 fully saturated rings. The summed E-state index contributed by atoms with van der Waals surface area (Å²) in [6.07, 6.45) is 5.24. The van der Waals surface area contributed by atoms with Gasteiger partial charge in [-0.15, -0.1) is 0 Å². The van der Waals surface area contributed by atoms with Crippen molar-refractivity contribution in [3.05, 3.63) is 59.2 Å². The normalized spacial score (nSPS) is 18.6. The minimum Gasteiger partial charge on any atom is -0.491 e. The second kappa shape index (κ2) is 13.0. The van der Waals surface area contributed by atoms with Crippen molar-refractivity contribution < 1.29 is 23.8 Å². The van der Waals surface area contributed by atoms with Crippen LogP contribution in [0.15, 0.2) is 36.7 Å². The number of aliphatic hydroxyl groups excluding tert-OH is 1. The molecule has 0 aliphatic carbocycles. The average molecular weight is 473 g/mol. The van der Waals surface area contributed by atoms with Crippen molar-refractivity contribution in [2.75, 3.05) is 19.7 Å². The van der Waals surface area contributed by atoms with Gasteiger partial charge in [-0.1, -0.05) is 19.1 Å². The van der Waals surface area contributed by atoms with Crippen LogP contribution in [-0.2, 0) is 29.0 Å². The minimum absolute atomic E-state index is 0.123. The fraction of sp³-hybridized carbons (Fsp3) is 0.480. The summed E-state index contributed by atoms with van der Waals surface area (Å²) in [6.45, 7) is 2.91. The number of halogens is 1. The predicted molar refractivity (Wildman–Crippen MR) is 126 cm³/mol. The average Bonchev–Trinajstić information content (AvgIpc) is 2.83. The molecule has 1 aliphatic heterocycles.